The van der Waals surface area contributed by atoms with Crippen molar-refractivity contribution in [3.05, 3.63) is 66.0 Å². The van der Waals surface area contributed by atoms with Crippen LogP contribution in [0.15, 0.2) is 54.9 Å². The van der Waals surface area contributed by atoms with E-state index in [0.717, 1.165) is 44.6 Å². The first-order valence-electron chi connectivity index (χ1n) is 9.15. The van der Waals surface area contributed by atoms with Gasteiger partial charge in [0.1, 0.15) is 5.82 Å². The minimum Gasteiger partial charge on any atom is -0.384 e. The van der Waals surface area contributed by atoms with Gasteiger partial charge >= 0.3 is 0 Å². The molecule has 5 nitrogen and oxygen atoms in total. The number of nitrogens with two attached hydrogens (primary N) is 1. The Morgan fingerprint density at radius 3 is 2.92 bits per heavy atom. The highest BCUT2D eigenvalue weighted by atomic mass is 16.5. The molecular weight excluding hydrogens is 324 g/mol. The second-order valence-corrected chi connectivity index (χ2v) is 6.84. The van der Waals surface area contributed by atoms with Gasteiger partial charge < -0.3 is 10.5 Å². The highest BCUT2D eigenvalue weighted by Crippen LogP contribution is 2.20. The molecule has 1 atom stereocenters. The van der Waals surface area contributed by atoms with Crippen molar-refractivity contribution in [2.75, 3.05) is 25.4 Å². The molecule has 1 saturated heterocycles. The van der Waals surface area contributed by atoms with Crippen LogP contribution < -0.4 is 5.73 Å². The van der Waals surface area contributed by atoms with Crippen LogP contribution in [0.25, 0.3) is 10.9 Å². The predicted octanol–water partition coefficient (Wildman–Crippen LogP) is 3.05. The van der Waals surface area contributed by atoms with Crippen molar-refractivity contribution >= 4 is 16.7 Å². The maximum atomic E-state index is 5.98. The molecule has 0 radical (unpaired) electrons. The molecule has 1 aliphatic heterocycles. The third-order valence-corrected chi connectivity index (χ3v) is 4.96. The number of benzene rings is 1. The number of nitrogen functional groups attached to an aromatic ring is 1. The van der Waals surface area contributed by atoms with E-state index >= 15 is 0 Å². The molecule has 1 aromatic carbocycles. The molecule has 4 rings (SSSR count). The van der Waals surface area contributed by atoms with E-state index in [1.165, 1.54) is 16.5 Å². The lowest BCUT2D eigenvalue weighted by Crippen LogP contribution is -2.42. The minimum absolute atomic E-state index is 0.256. The summed E-state index contributed by atoms with van der Waals surface area (Å²) >= 11 is 0. The Labute approximate surface area is 153 Å². The molecule has 0 aliphatic carbocycles. The smallest absolute Gasteiger partial charge is 0.123 e. The van der Waals surface area contributed by atoms with Crippen LogP contribution in [0.2, 0.25) is 0 Å². The number of ether oxygens (including phenoxy) is 1. The first-order chi connectivity index (χ1) is 12.8. The maximum Gasteiger partial charge on any atom is 0.123 e. The molecule has 0 spiro atoms. The molecule has 5 heteroatoms. The summed E-state index contributed by atoms with van der Waals surface area (Å²) in [5, 5.41) is 1.24. The van der Waals surface area contributed by atoms with Crippen LogP contribution in [0.4, 0.5) is 5.82 Å². The largest absolute Gasteiger partial charge is 0.384 e. The zero-order valence-electron chi connectivity index (χ0n) is 14.8. The van der Waals surface area contributed by atoms with Gasteiger partial charge in [-0.25, -0.2) is 4.98 Å². The fraction of sp³-hybridized carbons (Fsp3) is 0.333. The molecule has 0 saturated carbocycles. The van der Waals surface area contributed by atoms with E-state index in [0.29, 0.717) is 5.82 Å². The minimum atomic E-state index is 0.256. The predicted molar refractivity (Wildman–Crippen MR) is 104 cm³/mol. The van der Waals surface area contributed by atoms with Crippen LogP contribution in [-0.2, 0) is 17.7 Å². The third kappa shape index (κ3) is 4.00. The van der Waals surface area contributed by atoms with E-state index < -0.39 is 0 Å². The summed E-state index contributed by atoms with van der Waals surface area (Å²) in [4.78, 5) is 11.0. The van der Waals surface area contributed by atoms with E-state index in [4.69, 9.17) is 10.5 Å². The molecule has 2 N–H and O–H groups in total. The number of aromatic nitrogens is 2. The van der Waals surface area contributed by atoms with Gasteiger partial charge in [-0.15, -0.1) is 0 Å². The Bertz CT molecular complexity index is 877. The topological polar surface area (TPSA) is 64.3 Å². The van der Waals surface area contributed by atoms with Crippen LogP contribution in [0.3, 0.4) is 0 Å². The van der Waals surface area contributed by atoms with Gasteiger partial charge in [0.15, 0.2) is 0 Å². The van der Waals surface area contributed by atoms with Gasteiger partial charge in [-0.2, -0.15) is 0 Å². The van der Waals surface area contributed by atoms with Crippen molar-refractivity contribution in [3.63, 3.8) is 0 Å². The zero-order valence-corrected chi connectivity index (χ0v) is 14.8. The molecule has 0 amide bonds. The standard InChI is InChI=1S/C21H24N4O/c22-21-13-16(7-9-24-21)5-6-18-15-25(11-12-26-18)14-17-8-10-23-20-4-2-1-3-19(17)20/h1-4,7-10,13,18H,5-6,11-12,14-15H2,(H2,22,24)/t18-/m1/s1. The molecule has 3 aromatic rings. The monoisotopic (exact) mass is 348 g/mol. The highest BCUT2D eigenvalue weighted by Gasteiger charge is 2.21. The summed E-state index contributed by atoms with van der Waals surface area (Å²) in [7, 11) is 0. The first kappa shape index (κ1) is 16.9. The number of nitrogens with zero attached hydrogens (tertiary/aromatic N) is 3. The van der Waals surface area contributed by atoms with E-state index in [9.17, 15) is 0 Å². The maximum absolute atomic E-state index is 5.98. The van der Waals surface area contributed by atoms with Gasteiger partial charge in [-0.3, -0.25) is 9.88 Å². The fourth-order valence-corrected chi connectivity index (χ4v) is 3.61. The number of fused-ring (bicyclic) bond motifs is 1. The van der Waals surface area contributed by atoms with Gasteiger partial charge in [0, 0.05) is 37.4 Å². The second kappa shape index (κ2) is 7.81. The number of morpholine rings is 1. The van der Waals surface area contributed by atoms with Crippen molar-refractivity contribution in [2.24, 2.45) is 0 Å². The number of para-hydroxylation sites is 1. The lowest BCUT2D eigenvalue weighted by Gasteiger charge is -2.33. The third-order valence-electron chi connectivity index (χ3n) is 4.96. The summed E-state index contributed by atoms with van der Waals surface area (Å²) in [5.74, 6) is 0.582. The summed E-state index contributed by atoms with van der Waals surface area (Å²) in [6.07, 6.45) is 5.89. The SMILES string of the molecule is Nc1cc(CC[C@@H]2CN(Cc3ccnc4ccccc34)CCO2)ccn1. The lowest BCUT2D eigenvalue weighted by molar-refractivity contribution is -0.0344. The van der Waals surface area contributed by atoms with Gasteiger partial charge in [-0.05, 0) is 48.2 Å². The number of aryl methyl sites for hydroxylation is 1. The van der Waals surface area contributed by atoms with E-state index in [1.54, 1.807) is 6.20 Å². The fourth-order valence-electron chi connectivity index (χ4n) is 3.61. The molecular formula is C21H24N4O. The molecule has 1 fully saturated rings. The van der Waals surface area contributed by atoms with Crippen molar-refractivity contribution in [1.29, 1.82) is 0 Å². The Hall–Kier alpha value is -2.50. The first-order valence-corrected chi connectivity index (χ1v) is 9.15. The number of pyridine rings is 2. The summed E-state index contributed by atoms with van der Waals surface area (Å²) in [6, 6.07) is 14.5. The summed E-state index contributed by atoms with van der Waals surface area (Å²) in [5.41, 5.74) is 9.38. The number of hydrogen-bond acceptors (Lipinski definition) is 5. The molecule has 3 heterocycles. The van der Waals surface area contributed by atoms with E-state index in [1.807, 2.05) is 24.4 Å². The summed E-state index contributed by atoms with van der Waals surface area (Å²) in [6.45, 7) is 3.64. The van der Waals surface area contributed by atoms with E-state index in [-0.39, 0.29) is 6.10 Å². The Kier molecular flexibility index (Phi) is 5.09. The van der Waals surface area contributed by atoms with E-state index in [2.05, 4.69) is 39.1 Å². The highest BCUT2D eigenvalue weighted by molar-refractivity contribution is 5.81. The van der Waals surface area contributed by atoms with Crippen LogP contribution in [0.5, 0.6) is 0 Å². The van der Waals surface area contributed by atoms with Crippen molar-refractivity contribution in [2.45, 2.75) is 25.5 Å². The zero-order chi connectivity index (χ0) is 17.8. The number of rotatable bonds is 5. The van der Waals surface area contributed by atoms with Crippen LogP contribution in [0.1, 0.15) is 17.5 Å². The van der Waals surface area contributed by atoms with Gasteiger partial charge in [-0.1, -0.05) is 18.2 Å². The average molecular weight is 348 g/mol. The van der Waals surface area contributed by atoms with Crippen LogP contribution >= 0.6 is 0 Å². The Morgan fingerprint density at radius 2 is 2.00 bits per heavy atom. The quantitative estimate of drug-likeness (QED) is 0.768. The van der Waals surface area contributed by atoms with Gasteiger partial charge in [0.2, 0.25) is 0 Å². The van der Waals surface area contributed by atoms with Gasteiger partial charge in [0.25, 0.3) is 0 Å². The lowest BCUT2D eigenvalue weighted by atomic mass is 10.1. The molecule has 26 heavy (non-hydrogen) atoms. The van der Waals surface area contributed by atoms with Gasteiger partial charge in [0.05, 0.1) is 18.2 Å². The molecule has 1 aliphatic rings. The molecule has 0 bridgehead atoms. The van der Waals surface area contributed by atoms with Crippen LogP contribution in [0, 0.1) is 0 Å². The van der Waals surface area contributed by atoms with Crippen molar-refractivity contribution in [3.8, 4) is 0 Å². The second-order valence-electron chi connectivity index (χ2n) is 6.84. The number of hydrogen-bond donors (Lipinski definition) is 1. The van der Waals surface area contributed by atoms with Crippen molar-refractivity contribution in [1.82, 2.24) is 14.9 Å². The van der Waals surface area contributed by atoms with Crippen molar-refractivity contribution < 1.29 is 4.74 Å². The van der Waals surface area contributed by atoms with Crippen LogP contribution in [-0.4, -0.2) is 40.7 Å². The molecule has 134 valence electrons. The Balaban J connectivity index is 1.39. The number of anilines is 1. The molecule has 2 aromatic heterocycles. The molecule has 0 unspecified atom stereocenters. The average Bonchev–Trinajstić information content (AvgIpc) is 2.67. The summed E-state index contributed by atoms with van der Waals surface area (Å²) < 4.78 is 5.98. The normalized spacial score (nSPS) is 18.2. The Morgan fingerprint density at radius 1 is 1.12 bits per heavy atom.